The second-order valence-electron chi connectivity index (χ2n) is 7.60. The fourth-order valence-electron chi connectivity index (χ4n) is 3.16. The third kappa shape index (κ3) is 7.45. The van der Waals surface area contributed by atoms with Crippen LogP contribution in [0.5, 0.6) is 11.5 Å². The molecule has 1 amide bonds. The van der Waals surface area contributed by atoms with Crippen LogP contribution in [0.2, 0.25) is 0 Å². The molecule has 8 heteroatoms. The van der Waals surface area contributed by atoms with E-state index in [4.69, 9.17) is 9.47 Å². The minimum atomic E-state index is -4.41. The molecule has 0 bridgehead atoms. The summed E-state index contributed by atoms with van der Waals surface area (Å²) in [5, 5.41) is 0. The molecule has 0 fully saturated rings. The maximum atomic E-state index is 12.8. The Morgan fingerprint density at radius 3 is 2.39 bits per heavy atom. The van der Waals surface area contributed by atoms with Crippen molar-refractivity contribution in [3.8, 4) is 11.5 Å². The third-order valence-electron chi connectivity index (χ3n) is 4.60. The van der Waals surface area contributed by atoms with Gasteiger partial charge in [0.1, 0.15) is 11.5 Å². The monoisotopic (exact) mass is 438 g/mol. The van der Waals surface area contributed by atoms with E-state index in [1.54, 1.807) is 17.3 Å². The number of hydrogen-bond donors (Lipinski definition) is 0. The zero-order chi connectivity index (χ0) is 23.0. The Labute approximate surface area is 181 Å². The summed E-state index contributed by atoms with van der Waals surface area (Å²) in [5.74, 6) is 0.719. The Morgan fingerprint density at radius 1 is 1.13 bits per heavy atom. The van der Waals surface area contributed by atoms with Gasteiger partial charge in [0, 0.05) is 30.5 Å². The number of halogens is 3. The van der Waals surface area contributed by atoms with Crippen LogP contribution >= 0.6 is 0 Å². The minimum absolute atomic E-state index is 0.0157. The first-order valence-corrected chi connectivity index (χ1v) is 10.3. The molecule has 0 aliphatic carbocycles. The third-order valence-corrected chi connectivity index (χ3v) is 4.60. The number of hydrogen-bond acceptors (Lipinski definition) is 4. The second-order valence-corrected chi connectivity index (χ2v) is 7.60. The minimum Gasteiger partial charge on any atom is -0.491 e. The molecular formula is C23H29F3N2O3. The summed E-state index contributed by atoms with van der Waals surface area (Å²) in [7, 11) is 0. The normalized spacial score (nSPS) is 12.5. The number of amides is 1. The first kappa shape index (κ1) is 24.5. The van der Waals surface area contributed by atoms with E-state index < -0.39 is 11.7 Å². The van der Waals surface area contributed by atoms with E-state index in [1.807, 2.05) is 33.8 Å². The van der Waals surface area contributed by atoms with Crippen LogP contribution in [0.4, 0.5) is 13.2 Å². The molecule has 170 valence electrons. The van der Waals surface area contributed by atoms with Gasteiger partial charge in [0.05, 0.1) is 11.7 Å². The van der Waals surface area contributed by atoms with E-state index in [1.165, 1.54) is 12.1 Å². The summed E-state index contributed by atoms with van der Waals surface area (Å²) in [6, 6.07) is 5.98. The lowest BCUT2D eigenvalue weighted by atomic mass is 10.1. The zero-order valence-corrected chi connectivity index (χ0v) is 18.3. The average Bonchev–Trinajstić information content (AvgIpc) is 2.71. The second kappa shape index (κ2) is 11.0. The van der Waals surface area contributed by atoms with Gasteiger partial charge in [0.15, 0.2) is 6.61 Å². The van der Waals surface area contributed by atoms with E-state index >= 15 is 0 Å². The van der Waals surface area contributed by atoms with E-state index in [9.17, 15) is 18.0 Å². The summed E-state index contributed by atoms with van der Waals surface area (Å²) in [4.78, 5) is 18.7. The number of ether oxygens (including phenoxy) is 2. The lowest BCUT2D eigenvalue weighted by molar-refractivity contribution is -0.138. The number of carbonyl (C=O) groups excluding carboxylic acids is 1. The summed E-state index contributed by atoms with van der Waals surface area (Å²) >= 11 is 0. The molecule has 0 aliphatic heterocycles. The molecule has 0 aliphatic rings. The number of nitrogens with zero attached hydrogens (tertiary/aromatic N) is 2. The van der Waals surface area contributed by atoms with Crippen LogP contribution in [-0.4, -0.2) is 41.1 Å². The van der Waals surface area contributed by atoms with Gasteiger partial charge in [-0.2, -0.15) is 13.2 Å². The maximum Gasteiger partial charge on any atom is 0.416 e. The molecule has 1 aromatic heterocycles. The average molecular weight is 438 g/mol. The van der Waals surface area contributed by atoms with Crippen LogP contribution in [-0.2, 0) is 17.4 Å². The van der Waals surface area contributed by atoms with Gasteiger partial charge in [0.25, 0.3) is 5.91 Å². The number of benzene rings is 1. The van der Waals surface area contributed by atoms with Gasteiger partial charge in [-0.1, -0.05) is 6.92 Å². The van der Waals surface area contributed by atoms with Crippen LogP contribution in [0.15, 0.2) is 42.7 Å². The van der Waals surface area contributed by atoms with Gasteiger partial charge in [-0.15, -0.1) is 0 Å². The Morgan fingerprint density at radius 2 is 1.81 bits per heavy atom. The van der Waals surface area contributed by atoms with Crippen LogP contribution < -0.4 is 9.47 Å². The summed E-state index contributed by atoms with van der Waals surface area (Å²) in [6.07, 6.45) is 0.328. The fraction of sp³-hybridized carbons (Fsp3) is 0.478. The highest BCUT2D eigenvalue weighted by Crippen LogP contribution is 2.30. The molecular weight excluding hydrogens is 409 g/mol. The van der Waals surface area contributed by atoms with E-state index in [2.05, 4.69) is 4.98 Å². The first-order chi connectivity index (χ1) is 14.6. The van der Waals surface area contributed by atoms with E-state index in [-0.39, 0.29) is 30.4 Å². The maximum absolute atomic E-state index is 12.8. The Balaban J connectivity index is 2.03. The molecule has 2 aromatic rings. The number of alkyl halides is 3. The number of aromatic nitrogens is 1. The molecule has 0 saturated heterocycles. The molecule has 31 heavy (non-hydrogen) atoms. The quantitative estimate of drug-likeness (QED) is 0.516. The molecule has 1 atom stereocenters. The topological polar surface area (TPSA) is 51.7 Å². The van der Waals surface area contributed by atoms with Gasteiger partial charge in [-0.05, 0) is 63.9 Å². The molecule has 1 heterocycles. The van der Waals surface area contributed by atoms with Crippen molar-refractivity contribution in [3.05, 3.63) is 53.9 Å². The fourth-order valence-corrected chi connectivity index (χ4v) is 3.16. The van der Waals surface area contributed by atoms with Gasteiger partial charge < -0.3 is 14.4 Å². The van der Waals surface area contributed by atoms with Crippen LogP contribution in [0, 0.1) is 0 Å². The highest BCUT2D eigenvalue weighted by atomic mass is 19.4. The molecule has 0 radical (unpaired) electrons. The van der Waals surface area contributed by atoms with Crippen molar-refractivity contribution in [2.24, 2.45) is 0 Å². The predicted molar refractivity (Wildman–Crippen MR) is 112 cm³/mol. The Kier molecular flexibility index (Phi) is 8.71. The predicted octanol–water partition coefficient (Wildman–Crippen LogP) is 5.14. The van der Waals surface area contributed by atoms with Crippen LogP contribution in [0.25, 0.3) is 0 Å². The van der Waals surface area contributed by atoms with E-state index in [0.29, 0.717) is 13.0 Å². The van der Waals surface area contributed by atoms with E-state index in [0.717, 1.165) is 29.9 Å². The lowest BCUT2D eigenvalue weighted by Crippen LogP contribution is -2.43. The standard InChI is InChI=1S/C23H29F3N2O3/c1-5-12-28(17(4)13-18-14-27-11-10-21(18)31-16(2)3)22(29)15-30-20-8-6-19(7-9-20)23(24,25)26/h6-11,14,16-17H,5,12-13,15H2,1-4H3/t17-/m1/s1. The number of rotatable bonds is 10. The number of pyridine rings is 1. The Hall–Kier alpha value is -2.77. The molecule has 1 aromatic carbocycles. The van der Waals surface area contributed by atoms with Crippen molar-refractivity contribution in [1.29, 1.82) is 0 Å². The largest absolute Gasteiger partial charge is 0.491 e. The van der Waals surface area contributed by atoms with Crippen molar-refractivity contribution in [1.82, 2.24) is 9.88 Å². The SMILES string of the molecule is CCCN(C(=O)COc1ccc(C(F)(F)F)cc1)[C@H](C)Cc1cnccc1OC(C)C. The molecule has 0 saturated carbocycles. The highest BCUT2D eigenvalue weighted by Gasteiger charge is 2.30. The number of carbonyl (C=O) groups is 1. The van der Waals surface area contributed by atoms with Crippen molar-refractivity contribution in [2.45, 2.75) is 58.9 Å². The van der Waals surface area contributed by atoms with Crippen molar-refractivity contribution in [3.63, 3.8) is 0 Å². The molecule has 0 unspecified atom stereocenters. The lowest BCUT2D eigenvalue weighted by Gasteiger charge is -2.29. The molecule has 0 N–H and O–H groups in total. The Bertz CT molecular complexity index is 839. The zero-order valence-electron chi connectivity index (χ0n) is 18.3. The molecule has 2 rings (SSSR count). The van der Waals surface area contributed by atoms with Crippen molar-refractivity contribution in [2.75, 3.05) is 13.2 Å². The van der Waals surface area contributed by atoms with Gasteiger partial charge in [0.2, 0.25) is 0 Å². The summed E-state index contributed by atoms with van der Waals surface area (Å²) < 4.78 is 49.3. The van der Waals surface area contributed by atoms with Gasteiger partial charge in [-0.3, -0.25) is 9.78 Å². The van der Waals surface area contributed by atoms with Crippen LogP contribution in [0.3, 0.4) is 0 Å². The highest BCUT2D eigenvalue weighted by molar-refractivity contribution is 5.78. The summed E-state index contributed by atoms with van der Waals surface area (Å²) in [5.41, 5.74) is 0.143. The first-order valence-electron chi connectivity index (χ1n) is 10.3. The van der Waals surface area contributed by atoms with Crippen molar-refractivity contribution >= 4 is 5.91 Å². The van der Waals surface area contributed by atoms with Crippen molar-refractivity contribution < 1.29 is 27.4 Å². The smallest absolute Gasteiger partial charge is 0.416 e. The van der Waals surface area contributed by atoms with Gasteiger partial charge in [-0.25, -0.2) is 0 Å². The van der Waals surface area contributed by atoms with Crippen LogP contribution in [0.1, 0.15) is 45.2 Å². The molecule has 5 nitrogen and oxygen atoms in total. The summed E-state index contributed by atoms with van der Waals surface area (Å²) in [6.45, 7) is 8.09. The van der Waals surface area contributed by atoms with Gasteiger partial charge >= 0.3 is 6.18 Å². The molecule has 0 spiro atoms.